The van der Waals surface area contributed by atoms with Crippen LogP contribution in [-0.4, -0.2) is 60.2 Å². The zero-order valence-electron chi connectivity index (χ0n) is 13.5. The van der Waals surface area contributed by atoms with E-state index >= 15 is 0 Å². The lowest BCUT2D eigenvalue weighted by Crippen LogP contribution is -2.34. The Morgan fingerprint density at radius 1 is 1.00 bits per heavy atom. The molecule has 0 saturated carbocycles. The van der Waals surface area contributed by atoms with Crippen molar-refractivity contribution in [2.24, 2.45) is 0 Å². The van der Waals surface area contributed by atoms with Crippen molar-refractivity contribution in [1.82, 2.24) is 9.62 Å². The first-order valence-corrected chi connectivity index (χ1v) is 8.49. The molecule has 0 atom stereocenters. The maximum atomic E-state index is 13.0. The summed E-state index contributed by atoms with van der Waals surface area (Å²) in [7, 11) is 0.650. The third kappa shape index (κ3) is 4.20. The number of methoxy groups -OCH3 is 3. The summed E-state index contributed by atoms with van der Waals surface area (Å²) in [5.41, 5.74) is 0. The van der Waals surface area contributed by atoms with Gasteiger partial charge in [0.25, 0.3) is 10.0 Å². The average molecular weight is 367 g/mol. The molecular weight excluding hydrogens is 344 g/mol. The topological polar surface area (TPSA) is 77.1 Å². The highest BCUT2D eigenvalue weighted by Crippen LogP contribution is 2.39. The highest BCUT2D eigenvalue weighted by molar-refractivity contribution is 7.89. The Balaban J connectivity index is 0.00000264. The summed E-state index contributed by atoms with van der Waals surface area (Å²) in [5.74, 6) is 0.909. The smallest absolute Gasteiger partial charge is 0.250 e. The van der Waals surface area contributed by atoms with Gasteiger partial charge in [0.1, 0.15) is 17.2 Å². The van der Waals surface area contributed by atoms with Crippen LogP contribution in [0.4, 0.5) is 0 Å². The lowest BCUT2D eigenvalue weighted by Gasteiger charge is -2.22. The molecule has 1 aromatic rings. The van der Waals surface area contributed by atoms with Gasteiger partial charge in [-0.15, -0.1) is 12.4 Å². The monoisotopic (exact) mass is 366 g/mol. The Bertz CT molecular complexity index is 591. The molecule has 1 saturated heterocycles. The third-order valence-electron chi connectivity index (χ3n) is 3.57. The van der Waals surface area contributed by atoms with Crippen molar-refractivity contribution in [1.29, 1.82) is 0 Å². The van der Waals surface area contributed by atoms with Crippen LogP contribution in [0.15, 0.2) is 17.0 Å². The molecule has 0 unspecified atom stereocenters. The van der Waals surface area contributed by atoms with Gasteiger partial charge in [0.15, 0.2) is 4.90 Å². The van der Waals surface area contributed by atoms with Crippen LogP contribution in [0.25, 0.3) is 0 Å². The highest BCUT2D eigenvalue weighted by atomic mass is 35.5. The fraction of sp³-hybridized carbons (Fsp3) is 0.571. The van der Waals surface area contributed by atoms with Crippen LogP contribution >= 0.6 is 12.4 Å². The average Bonchev–Trinajstić information content (AvgIpc) is 2.83. The summed E-state index contributed by atoms with van der Waals surface area (Å²) in [6.45, 7) is 2.32. The first kappa shape index (κ1) is 19.8. The van der Waals surface area contributed by atoms with E-state index in [1.54, 1.807) is 12.1 Å². The quantitative estimate of drug-likeness (QED) is 0.841. The van der Waals surface area contributed by atoms with Crippen LogP contribution < -0.4 is 19.5 Å². The Hall–Kier alpha value is -1.22. The van der Waals surface area contributed by atoms with Crippen molar-refractivity contribution in [2.45, 2.75) is 11.3 Å². The van der Waals surface area contributed by atoms with Crippen LogP contribution in [0.5, 0.6) is 17.2 Å². The first-order chi connectivity index (χ1) is 10.5. The molecule has 9 heteroatoms. The van der Waals surface area contributed by atoms with Crippen molar-refractivity contribution in [3.05, 3.63) is 12.1 Å². The summed E-state index contributed by atoms with van der Waals surface area (Å²) >= 11 is 0. The van der Waals surface area contributed by atoms with Gasteiger partial charge in [-0.1, -0.05) is 0 Å². The normalized spacial score (nSPS) is 16.1. The molecule has 132 valence electrons. The molecule has 1 aliphatic heterocycles. The molecule has 0 bridgehead atoms. The van der Waals surface area contributed by atoms with Crippen molar-refractivity contribution < 1.29 is 22.6 Å². The molecule has 23 heavy (non-hydrogen) atoms. The minimum Gasteiger partial charge on any atom is -0.496 e. The number of hydrogen-bond donors (Lipinski definition) is 1. The van der Waals surface area contributed by atoms with Gasteiger partial charge in [0.05, 0.1) is 21.3 Å². The van der Waals surface area contributed by atoms with Gasteiger partial charge >= 0.3 is 0 Å². The summed E-state index contributed by atoms with van der Waals surface area (Å²) < 4.78 is 43.1. The molecule has 0 aliphatic carbocycles. The number of nitrogens with one attached hydrogen (secondary N) is 1. The summed E-state index contributed by atoms with van der Waals surface area (Å²) in [6, 6.07) is 3.09. The molecule has 2 rings (SSSR count). The van der Waals surface area contributed by atoms with Crippen LogP contribution in [0.3, 0.4) is 0 Å². The largest absolute Gasteiger partial charge is 0.496 e. The number of benzene rings is 1. The molecule has 0 amide bonds. The Morgan fingerprint density at radius 3 is 2.13 bits per heavy atom. The van der Waals surface area contributed by atoms with E-state index in [0.717, 1.165) is 13.0 Å². The molecular formula is C14H23ClN2O5S. The second-order valence-corrected chi connectivity index (χ2v) is 6.74. The summed E-state index contributed by atoms with van der Waals surface area (Å²) in [4.78, 5) is 0.0419. The van der Waals surface area contributed by atoms with Gasteiger partial charge in [-0.25, -0.2) is 8.42 Å². The van der Waals surface area contributed by atoms with Crippen LogP contribution in [0.1, 0.15) is 6.42 Å². The van der Waals surface area contributed by atoms with E-state index in [0.29, 0.717) is 25.4 Å². The van der Waals surface area contributed by atoms with Crippen LogP contribution in [0, 0.1) is 0 Å². The molecule has 0 aromatic heterocycles. The van der Waals surface area contributed by atoms with Crippen molar-refractivity contribution in [3.63, 3.8) is 0 Å². The van der Waals surface area contributed by atoms with E-state index in [4.69, 9.17) is 14.2 Å². The number of rotatable bonds is 5. The lowest BCUT2D eigenvalue weighted by atomic mass is 10.3. The highest BCUT2D eigenvalue weighted by Gasteiger charge is 2.32. The van der Waals surface area contributed by atoms with Gasteiger partial charge in [0, 0.05) is 31.8 Å². The van der Waals surface area contributed by atoms with Crippen molar-refractivity contribution >= 4 is 22.4 Å². The predicted molar refractivity (Wildman–Crippen MR) is 89.6 cm³/mol. The zero-order valence-corrected chi connectivity index (χ0v) is 15.1. The molecule has 0 radical (unpaired) electrons. The molecule has 1 fully saturated rings. The lowest BCUT2D eigenvalue weighted by molar-refractivity contribution is 0.353. The standard InChI is InChI=1S/C14H22N2O5S.ClH/c1-19-11-9-12(20-2)14(13(10-11)21-3)22(17,18)16-7-4-5-15-6-8-16;/h9-10,15H,4-8H2,1-3H3;1H. The number of halogens is 1. The third-order valence-corrected chi connectivity index (χ3v) is 5.53. The van der Waals surface area contributed by atoms with Gasteiger partial charge < -0.3 is 19.5 Å². The first-order valence-electron chi connectivity index (χ1n) is 7.05. The second kappa shape index (κ2) is 8.58. The van der Waals surface area contributed by atoms with E-state index < -0.39 is 10.0 Å². The Labute approximate surface area is 143 Å². The van der Waals surface area contributed by atoms with Gasteiger partial charge in [-0.2, -0.15) is 4.31 Å². The van der Waals surface area contributed by atoms with Crippen molar-refractivity contribution in [3.8, 4) is 17.2 Å². The van der Waals surface area contributed by atoms with E-state index in [9.17, 15) is 8.42 Å². The Kier molecular flexibility index (Phi) is 7.40. The Morgan fingerprint density at radius 2 is 1.61 bits per heavy atom. The van der Waals surface area contributed by atoms with E-state index in [1.807, 2.05) is 0 Å². The molecule has 1 heterocycles. The van der Waals surface area contributed by atoms with Gasteiger partial charge in [0.2, 0.25) is 0 Å². The molecule has 1 N–H and O–H groups in total. The van der Waals surface area contributed by atoms with Crippen molar-refractivity contribution in [2.75, 3.05) is 47.5 Å². The molecule has 7 nitrogen and oxygen atoms in total. The number of nitrogens with zero attached hydrogens (tertiary/aromatic N) is 1. The van der Waals surface area contributed by atoms with E-state index in [2.05, 4.69) is 5.32 Å². The fourth-order valence-corrected chi connectivity index (χ4v) is 4.17. The van der Waals surface area contributed by atoms with E-state index in [1.165, 1.54) is 25.6 Å². The minimum absolute atomic E-state index is 0. The molecule has 1 aromatic carbocycles. The SMILES string of the molecule is COc1cc(OC)c(S(=O)(=O)N2CCCNCC2)c(OC)c1.Cl. The number of hydrogen-bond acceptors (Lipinski definition) is 6. The maximum absolute atomic E-state index is 13.0. The van der Waals surface area contributed by atoms with E-state index in [-0.39, 0.29) is 28.8 Å². The molecule has 1 aliphatic rings. The number of ether oxygens (including phenoxy) is 3. The minimum atomic E-state index is -3.71. The maximum Gasteiger partial charge on any atom is 0.250 e. The fourth-order valence-electron chi connectivity index (χ4n) is 2.42. The predicted octanol–water partition coefficient (Wildman–Crippen LogP) is 1.12. The number of sulfonamides is 1. The van der Waals surface area contributed by atoms with Crippen LogP contribution in [0.2, 0.25) is 0 Å². The summed E-state index contributed by atoms with van der Waals surface area (Å²) in [6.07, 6.45) is 0.764. The second-order valence-electron chi connectivity index (χ2n) is 4.87. The zero-order chi connectivity index (χ0) is 16.2. The van der Waals surface area contributed by atoms with Gasteiger partial charge in [-0.05, 0) is 13.0 Å². The summed E-state index contributed by atoms with van der Waals surface area (Å²) in [5, 5.41) is 3.19. The van der Waals surface area contributed by atoms with Crippen LogP contribution in [-0.2, 0) is 10.0 Å². The van der Waals surface area contributed by atoms with Gasteiger partial charge in [-0.3, -0.25) is 0 Å². The molecule has 0 spiro atoms.